The molecule has 0 aromatic heterocycles. The van der Waals surface area contributed by atoms with E-state index in [2.05, 4.69) is 24.1 Å². The first-order valence-electron chi connectivity index (χ1n) is 5.12. The highest BCUT2D eigenvalue weighted by molar-refractivity contribution is 5.38. The van der Waals surface area contributed by atoms with E-state index in [-0.39, 0.29) is 6.10 Å². The van der Waals surface area contributed by atoms with Gasteiger partial charge in [0.15, 0.2) is 0 Å². The summed E-state index contributed by atoms with van der Waals surface area (Å²) < 4.78 is 10.7. The summed E-state index contributed by atoms with van der Waals surface area (Å²) in [5.74, 6) is 0.916. The molecule has 0 fully saturated rings. The van der Waals surface area contributed by atoms with Crippen LogP contribution in [0.25, 0.3) is 0 Å². The molecule has 1 aromatic rings. The maximum atomic E-state index is 5.48. The van der Waals surface area contributed by atoms with Crippen LogP contribution in [0.2, 0.25) is 0 Å². The van der Waals surface area contributed by atoms with Crippen molar-refractivity contribution in [3.05, 3.63) is 29.3 Å². The van der Waals surface area contributed by atoms with E-state index in [0.29, 0.717) is 0 Å². The molecule has 0 saturated carbocycles. The van der Waals surface area contributed by atoms with Crippen molar-refractivity contribution < 1.29 is 9.47 Å². The van der Waals surface area contributed by atoms with Crippen molar-refractivity contribution in [1.29, 1.82) is 0 Å². The minimum Gasteiger partial charge on any atom is -0.497 e. The third-order valence-electron chi connectivity index (χ3n) is 2.90. The predicted molar refractivity (Wildman–Crippen MR) is 59.1 cm³/mol. The first-order valence-corrected chi connectivity index (χ1v) is 5.12. The van der Waals surface area contributed by atoms with Crippen molar-refractivity contribution >= 4 is 0 Å². The van der Waals surface area contributed by atoms with E-state index in [1.165, 1.54) is 11.1 Å². The summed E-state index contributed by atoms with van der Waals surface area (Å²) in [6, 6.07) is 6.20. The SMILES string of the molecule is COc1ccc2c(c1)CN(C)CC2OC. The summed E-state index contributed by atoms with van der Waals surface area (Å²) in [4.78, 5) is 2.26. The van der Waals surface area contributed by atoms with E-state index in [4.69, 9.17) is 9.47 Å². The molecule has 1 unspecified atom stereocenters. The summed E-state index contributed by atoms with van der Waals surface area (Å²) in [6.07, 6.45) is 0.185. The van der Waals surface area contributed by atoms with E-state index in [0.717, 1.165) is 18.8 Å². The van der Waals surface area contributed by atoms with Gasteiger partial charge in [-0.1, -0.05) is 6.07 Å². The highest BCUT2D eigenvalue weighted by atomic mass is 16.5. The van der Waals surface area contributed by atoms with Gasteiger partial charge in [0.05, 0.1) is 13.2 Å². The van der Waals surface area contributed by atoms with Gasteiger partial charge >= 0.3 is 0 Å². The van der Waals surface area contributed by atoms with Crippen molar-refractivity contribution in [2.75, 3.05) is 27.8 Å². The Morgan fingerprint density at radius 3 is 2.80 bits per heavy atom. The fourth-order valence-corrected chi connectivity index (χ4v) is 2.10. The van der Waals surface area contributed by atoms with Crippen LogP contribution in [0.3, 0.4) is 0 Å². The van der Waals surface area contributed by atoms with Gasteiger partial charge in [-0.05, 0) is 30.3 Å². The van der Waals surface area contributed by atoms with Crippen LogP contribution < -0.4 is 4.74 Å². The molecule has 0 bridgehead atoms. The lowest BCUT2D eigenvalue weighted by Gasteiger charge is -2.31. The maximum absolute atomic E-state index is 5.48. The summed E-state index contributed by atoms with van der Waals surface area (Å²) >= 11 is 0. The van der Waals surface area contributed by atoms with Gasteiger partial charge in [0.1, 0.15) is 5.75 Å². The minimum atomic E-state index is 0.185. The normalized spacial score (nSPS) is 21.1. The number of hydrogen-bond donors (Lipinski definition) is 0. The van der Waals surface area contributed by atoms with Crippen LogP contribution in [0.5, 0.6) is 5.75 Å². The molecule has 0 aliphatic carbocycles. The first-order chi connectivity index (χ1) is 7.24. The number of rotatable bonds is 2. The average molecular weight is 207 g/mol. The van der Waals surface area contributed by atoms with E-state index in [1.54, 1.807) is 14.2 Å². The van der Waals surface area contributed by atoms with Crippen LogP contribution in [0.1, 0.15) is 17.2 Å². The van der Waals surface area contributed by atoms with Gasteiger partial charge in [-0.2, -0.15) is 0 Å². The summed E-state index contributed by atoms with van der Waals surface area (Å²) in [7, 11) is 5.56. The third-order valence-corrected chi connectivity index (χ3v) is 2.90. The highest BCUT2D eigenvalue weighted by Gasteiger charge is 2.23. The molecular formula is C12H17NO2. The predicted octanol–water partition coefficient (Wildman–Crippen LogP) is 1.83. The van der Waals surface area contributed by atoms with Crippen LogP contribution in [-0.4, -0.2) is 32.7 Å². The van der Waals surface area contributed by atoms with Crippen molar-refractivity contribution in [3.8, 4) is 5.75 Å². The van der Waals surface area contributed by atoms with E-state index in [1.807, 2.05) is 6.07 Å². The second-order valence-corrected chi connectivity index (χ2v) is 3.99. The molecule has 1 aliphatic heterocycles. The third kappa shape index (κ3) is 1.98. The van der Waals surface area contributed by atoms with Crippen molar-refractivity contribution in [1.82, 2.24) is 4.90 Å². The molecule has 1 heterocycles. The van der Waals surface area contributed by atoms with Gasteiger partial charge in [0, 0.05) is 20.2 Å². The average Bonchev–Trinajstić information content (AvgIpc) is 2.26. The molecule has 3 heteroatoms. The maximum Gasteiger partial charge on any atom is 0.119 e. The number of ether oxygens (including phenoxy) is 2. The fraction of sp³-hybridized carbons (Fsp3) is 0.500. The second-order valence-electron chi connectivity index (χ2n) is 3.99. The number of benzene rings is 1. The van der Waals surface area contributed by atoms with Crippen LogP contribution in [0.15, 0.2) is 18.2 Å². The molecule has 3 nitrogen and oxygen atoms in total. The fourth-order valence-electron chi connectivity index (χ4n) is 2.10. The van der Waals surface area contributed by atoms with E-state index in [9.17, 15) is 0 Å². The Bertz CT molecular complexity index is 351. The lowest BCUT2D eigenvalue weighted by molar-refractivity contribution is 0.0577. The van der Waals surface area contributed by atoms with Gasteiger partial charge in [0.2, 0.25) is 0 Å². The highest BCUT2D eigenvalue weighted by Crippen LogP contribution is 2.30. The summed E-state index contributed by atoms with van der Waals surface area (Å²) in [5.41, 5.74) is 2.59. The van der Waals surface area contributed by atoms with Crippen LogP contribution in [0.4, 0.5) is 0 Å². The molecular weight excluding hydrogens is 190 g/mol. The Hall–Kier alpha value is -1.06. The van der Waals surface area contributed by atoms with E-state index >= 15 is 0 Å². The monoisotopic (exact) mass is 207 g/mol. The van der Waals surface area contributed by atoms with Crippen LogP contribution >= 0.6 is 0 Å². The molecule has 15 heavy (non-hydrogen) atoms. The number of fused-ring (bicyclic) bond motifs is 1. The molecule has 1 atom stereocenters. The van der Waals surface area contributed by atoms with Gasteiger partial charge < -0.3 is 9.47 Å². The van der Waals surface area contributed by atoms with Gasteiger partial charge in [-0.3, -0.25) is 4.90 Å². The second kappa shape index (κ2) is 4.21. The Morgan fingerprint density at radius 2 is 2.13 bits per heavy atom. The zero-order valence-electron chi connectivity index (χ0n) is 9.49. The molecule has 1 aromatic carbocycles. The minimum absolute atomic E-state index is 0.185. The molecule has 0 N–H and O–H groups in total. The number of nitrogens with zero attached hydrogens (tertiary/aromatic N) is 1. The summed E-state index contributed by atoms with van der Waals surface area (Å²) in [5, 5.41) is 0. The smallest absolute Gasteiger partial charge is 0.119 e. The number of methoxy groups -OCH3 is 2. The van der Waals surface area contributed by atoms with Crippen LogP contribution in [-0.2, 0) is 11.3 Å². The topological polar surface area (TPSA) is 21.7 Å². The van der Waals surface area contributed by atoms with Gasteiger partial charge in [0.25, 0.3) is 0 Å². The van der Waals surface area contributed by atoms with Crippen molar-refractivity contribution in [2.24, 2.45) is 0 Å². The van der Waals surface area contributed by atoms with Crippen molar-refractivity contribution in [3.63, 3.8) is 0 Å². The Kier molecular flexibility index (Phi) is 2.93. The Balaban J connectivity index is 2.37. The largest absolute Gasteiger partial charge is 0.497 e. The Morgan fingerprint density at radius 1 is 1.33 bits per heavy atom. The molecule has 0 saturated heterocycles. The lowest BCUT2D eigenvalue weighted by atomic mass is 9.97. The zero-order valence-corrected chi connectivity index (χ0v) is 9.49. The molecule has 0 spiro atoms. The van der Waals surface area contributed by atoms with Gasteiger partial charge in [-0.15, -0.1) is 0 Å². The number of hydrogen-bond acceptors (Lipinski definition) is 3. The van der Waals surface area contributed by atoms with Crippen LogP contribution in [0, 0.1) is 0 Å². The molecule has 0 radical (unpaired) electrons. The first kappa shape index (κ1) is 10.5. The van der Waals surface area contributed by atoms with Gasteiger partial charge in [-0.25, -0.2) is 0 Å². The molecule has 2 rings (SSSR count). The quantitative estimate of drug-likeness (QED) is 0.738. The lowest BCUT2D eigenvalue weighted by Crippen LogP contribution is -2.31. The molecule has 0 amide bonds. The molecule has 1 aliphatic rings. The zero-order chi connectivity index (χ0) is 10.8. The Labute approximate surface area is 90.6 Å². The standard InChI is InChI=1S/C12H17NO2/c1-13-7-9-6-10(14-2)4-5-11(9)12(8-13)15-3/h4-6,12H,7-8H2,1-3H3. The number of likely N-dealkylation sites (N-methyl/N-ethyl adjacent to an activating group) is 1. The molecule has 82 valence electrons. The summed E-state index contributed by atoms with van der Waals surface area (Å²) in [6.45, 7) is 1.92. The van der Waals surface area contributed by atoms with Crippen molar-refractivity contribution in [2.45, 2.75) is 12.6 Å². The van der Waals surface area contributed by atoms with E-state index < -0.39 is 0 Å².